The molecule has 0 aliphatic heterocycles. The predicted molar refractivity (Wildman–Crippen MR) is 39.3 cm³/mol. The highest BCUT2D eigenvalue weighted by Crippen LogP contribution is 1.97. The lowest BCUT2D eigenvalue weighted by Gasteiger charge is -1.99. The van der Waals surface area contributed by atoms with Crippen LogP contribution in [0.4, 0.5) is 0 Å². The summed E-state index contributed by atoms with van der Waals surface area (Å²) in [6.07, 6.45) is 3.05. The topological polar surface area (TPSA) is 39.1 Å². The molecule has 0 unspecified atom stereocenters. The first-order valence-electron chi connectivity index (χ1n) is 3.03. The van der Waals surface area contributed by atoms with Gasteiger partial charge in [0.1, 0.15) is 0 Å². The van der Waals surface area contributed by atoms with Crippen molar-refractivity contribution in [2.75, 3.05) is 5.75 Å². The van der Waals surface area contributed by atoms with E-state index in [2.05, 4.69) is 0 Å². The first-order chi connectivity index (χ1) is 4.67. The maximum absolute atomic E-state index is 11.0. The molecule has 0 N–H and O–H groups in total. The van der Waals surface area contributed by atoms with E-state index in [9.17, 15) is 8.42 Å². The van der Waals surface area contributed by atoms with Gasteiger partial charge in [0.05, 0.1) is 5.75 Å². The Balaban J connectivity index is 3.09. The van der Waals surface area contributed by atoms with Gasteiger partial charge in [0.15, 0.2) is 0 Å². The molecule has 10 heavy (non-hydrogen) atoms. The molecule has 56 valence electrons. The quantitative estimate of drug-likeness (QED) is 0.636. The molecular weight excluding hydrogens is 150 g/mol. The number of rotatable bonds is 2. The molecule has 1 aromatic heterocycles. The number of aromatic nitrogens is 1. The Bertz CT molecular complexity index is 286. The minimum atomic E-state index is -3.04. The van der Waals surface area contributed by atoms with Gasteiger partial charge in [0.2, 0.25) is 10.0 Å². The molecule has 0 aromatic carbocycles. The number of hydrogen-bond donors (Lipinski definition) is 0. The van der Waals surface area contributed by atoms with Gasteiger partial charge in [-0.2, -0.15) is 0 Å². The zero-order chi connectivity index (χ0) is 7.61. The van der Waals surface area contributed by atoms with Gasteiger partial charge in [-0.05, 0) is 19.1 Å². The Morgan fingerprint density at radius 2 is 1.80 bits per heavy atom. The predicted octanol–water partition coefficient (Wildman–Crippen LogP) is 0.686. The summed E-state index contributed by atoms with van der Waals surface area (Å²) in [5.74, 6) is 0.141. The maximum Gasteiger partial charge on any atom is 0.238 e. The molecule has 0 bridgehead atoms. The lowest BCUT2D eigenvalue weighted by Crippen LogP contribution is -2.12. The summed E-state index contributed by atoms with van der Waals surface area (Å²) in [7, 11) is -3.04. The molecule has 0 fully saturated rings. The smallest absolute Gasteiger partial charge is 0.238 e. The SMILES string of the molecule is CCS(=O)(=O)n1cccc1. The summed E-state index contributed by atoms with van der Waals surface area (Å²) in [4.78, 5) is 0. The second-order valence-electron chi connectivity index (χ2n) is 1.91. The second kappa shape index (κ2) is 2.46. The molecule has 3 nitrogen and oxygen atoms in total. The highest BCUT2D eigenvalue weighted by molar-refractivity contribution is 7.89. The fourth-order valence-electron chi connectivity index (χ4n) is 0.653. The van der Waals surface area contributed by atoms with Crippen LogP contribution in [-0.4, -0.2) is 18.1 Å². The number of hydrogen-bond acceptors (Lipinski definition) is 2. The Morgan fingerprint density at radius 3 is 2.20 bits per heavy atom. The van der Waals surface area contributed by atoms with E-state index >= 15 is 0 Å². The molecular formula is C6H9NO2S. The second-order valence-corrected chi connectivity index (χ2v) is 4.08. The van der Waals surface area contributed by atoms with E-state index in [1.54, 1.807) is 19.1 Å². The van der Waals surface area contributed by atoms with E-state index in [-0.39, 0.29) is 5.75 Å². The van der Waals surface area contributed by atoms with Gasteiger partial charge in [0, 0.05) is 12.4 Å². The highest BCUT2D eigenvalue weighted by atomic mass is 32.2. The van der Waals surface area contributed by atoms with Crippen molar-refractivity contribution in [3.05, 3.63) is 24.5 Å². The van der Waals surface area contributed by atoms with Crippen molar-refractivity contribution < 1.29 is 8.42 Å². The van der Waals surface area contributed by atoms with E-state index in [1.807, 2.05) is 0 Å². The molecule has 0 saturated heterocycles. The molecule has 0 saturated carbocycles. The summed E-state index contributed by atoms with van der Waals surface area (Å²) in [5, 5.41) is 0. The zero-order valence-electron chi connectivity index (χ0n) is 5.69. The van der Waals surface area contributed by atoms with Crippen molar-refractivity contribution >= 4 is 10.0 Å². The van der Waals surface area contributed by atoms with Gasteiger partial charge in [-0.1, -0.05) is 0 Å². The van der Waals surface area contributed by atoms with Gasteiger partial charge in [-0.15, -0.1) is 0 Å². The minimum absolute atomic E-state index is 0.141. The average molecular weight is 159 g/mol. The van der Waals surface area contributed by atoms with Crippen molar-refractivity contribution in [3.8, 4) is 0 Å². The molecule has 1 aromatic rings. The van der Waals surface area contributed by atoms with Crippen LogP contribution < -0.4 is 0 Å². The fraction of sp³-hybridized carbons (Fsp3) is 0.333. The first-order valence-corrected chi connectivity index (χ1v) is 4.64. The molecule has 0 amide bonds. The van der Waals surface area contributed by atoms with Gasteiger partial charge in [0.25, 0.3) is 0 Å². The van der Waals surface area contributed by atoms with E-state index in [1.165, 1.54) is 16.4 Å². The van der Waals surface area contributed by atoms with Crippen LogP contribution in [0, 0.1) is 0 Å². The maximum atomic E-state index is 11.0. The van der Waals surface area contributed by atoms with E-state index in [0.717, 1.165) is 0 Å². The van der Waals surface area contributed by atoms with Crippen molar-refractivity contribution in [3.63, 3.8) is 0 Å². The molecule has 4 heteroatoms. The van der Waals surface area contributed by atoms with Gasteiger partial charge in [-0.25, -0.2) is 8.42 Å². The third-order valence-corrected chi connectivity index (χ3v) is 2.88. The van der Waals surface area contributed by atoms with E-state index in [0.29, 0.717) is 0 Å². The van der Waals surface area contributed by atoms with Crippen molar-refractivity contribution in [1.29, 1.82) is 0 Å². The van der Waals surface area contributed by atoms with Crippen LogP contribution in [0.15, 0.2) is 24.5 Å². The number of nitrogens with zero attached hydrogens (tertiary/aromatic N) is 1. The largest absolute Gasteiger partial charge is 0.253 e. The summed E-state index contributed by atoms with van der Waals surface area (Å²) in [6, 6.07) is 3.38. The third kappa shape index (κ3) is 1.21. The molecule has 0 spiro atoms. The van der Waals surface area contributed by atoms with E-state index < -0.39 is 10.0 Å². The van der Waals surface area contributed by atoms with Crippen molar-refractivity contribution in [1.82, 2.24) is 3.97 Å². The Kier molecular flexibility index (Phi) is 1.80. The third-order valence-electron chi connectivity index (χ3n) is 1.26. The lowest BCUT2D eigenvalue weighted by molar-refractivity contribution is 0.589. The van der Waals surface area contributed by atoms with Crippen LogP contribution in [0.5, 0.6) is 0 Å². The summed E-state index contributed by atoms with van der Waals surface area (Å²) in [5.41, 5.74) is 0. The Labute approximate surface area is 60.3 Å². The molecule has 0 atom stereocenters. The van der Waals surface area contributed by atoms with Gasteiger partial charge >= 0.3 is 0 Å². The fourth-order valence-corrected chi connectivity index (χ4v) is 1.46. The van der Waals surface area contributed by atoms with Crippen LogP contribution in [0.3, 0.4) is 0 Å². The van der Waals surface area contributed by atoms with Crippen LogP contribution in [0.2, 0.25) is 0 Å². The Morgan fingerprint density at radius 1 is 1.30 bits per heavy atom. The lowest BCUT2D eigenvalue weighted by atomic mass is 10.7. The zero-order valence-corrected chi connectivity index (χ0v) is 6.50. The summed E-state index contributed by atoms with van der Waals surface area (Å²) < 4.78 is 23.3. The van der Waals surface area contributed by atoms with Crippen LogP contribution in [0.1, 0.15) is 6.92 Å². The molecule has 1 heterocycles. The Hall–Kier alpha value is -0.770. The van der Waals surface area contributed by atoms with Gasteiger partial charge < -0.3 is 0 Å². The summed E-state index contributed by atoms with van der Waals surface area (Å²) in [6.45, 7) is 1.62. The molecule has 0 aliphatic rings. The molecule has 1 rings (SSSR count). The molecule has 0 radical (unpaired) electrons. The molecule has 0 aliphatic carbocycles. The standard InChI is InChI=1S/C6H9NO2S/c1-2-10(8,9)7-5-3-4-6-7/h3-6H,2H2,1H3. The highest BCUT2D eigenvalue weighted by Gasteiger charge is 2.05. The van der Waals surface area contributed by atoms with Crippen LogP contribution >= 0.6 is 0 Å². The van der Waals surface area contributed by atoms with E-state index in [4.69, 9.17) is 0 Å². The summed E-state index contributed by atoms with van der Waals surface area (Å²) >= 11 is 0. The van der Waals surface area contributed by atoms with Crippen LogP contribution in [-0.2, 0) is 10.0 Å². The monoisotopic (exact) mass is 159 g/mol. The van der Waals surface area contributed by atoms with Crippen LogP contribution in [0.25, 0.3) is 0 Å². The van der Waals surface area contributed by atoms with Crippen molar-refractivity contribution in [2.45, 2.75) is 6.92 Å². The first kappa shape index (κ1) is 7.34. The average Bonchev–Trinajstić information content (AvgIpc) is 2.38. The van der Waals surface area contributed by atoms with Gasteiger partial charge in [-0.3, -0.25) is 3.97 Å². The minimum Gasteiger partial charge on any atom is -0.253 e. The normalized spacial score (nSPS) is 11.7. The van der Waals surface area contributed by atoms with Crippen molar-refractivity contribution in [2.24, 2.45) is 0 Å².